The first-order valence-corrected chi connectivity index (χ1v) is 8.70. The van der Waals surface area contributed by atoms with E-state index >= 15 is 0 Å². The quantitative estimate of drug-likeness (QED) is 0.493. The summed E-state index contributed by atoms with van der Waals surface area (Å²) < 4.78 is 25.7. The summed E-state index contributed by atoms with van der Waals surface area (Å²) >= 11 is 1.44. The lowest BCUT2D eigenvalue weighted by Crippen LogP contribution is -2.33. The van der Waals surface area contributed by atoms with E-state index in [1.807, 2.05) is 18.2 Å². The number of hydrogen-bond acceptors (Lipinski definition) is 5. The Balaban J connectivity index is 2.35. The highest BCUT2D eigenvalue weighted by Gasteiger charge is 2.12. The molecule has 0 spiro atoms. The Bertz CT molecular complexity index is 492. The summed E-state index contributed by atoms with van der Waals surface area (Å²) in [7, 11) is -3.33. The van der Waals surface area contributed by atoms with Crippen LogP contribution in [0.1, 0.15) is 13.3 Å². The Morgan fingerprint density at radius 2 is 2.21 bits per heavy atom. The minimum atomic E-state index is -3.33. The van der Waals surface area contributed by atoms with Crippen LogP contribution in [0.2, 0.25) is 0 Å². The van der Waals surface area contributed by atoms with Crippen molar-refractivity contribution in [2.75, 3.05) is 23.8 Å². The van der Waals surface area contributed by atoms with Gasteiger partial charge in [-0.05, 0) is 24.6 Å². The Kier molecular flexibility index (Phi) is 6.64. The number of hydrogen-bond donors (Lipinski definition) is 3. The van der Waals surface area contributed by atoms with Crippen molar-refractivity contribution in [1.82, 2.24) is 4.72 Å². The molecule has 0 aliphatic heterocycles. The highest BCUT2D eigenvalue weighted by molar-refractivity contribution is 8.00. The molecule has 5 nitrogen and oxygen atoms in total. The third-order valence-corrected chi connectivity index (χ3v) is 5.09. The number of nitrogen functional groups attached to an aromatic ring is 1. The van der Waals surface area contributed by atoms with Crippen LogP contribution >= 0.6 is 11.8 Å². The summed E-state index contributed by atoms with van der Waals surface area (Å²) in [5.74, 6) is 0.462. The number of aliphatic hydroxyl groups is 1. The van der Waals surface area contributed by atoms with Gasteiger partial charge in [-0.2, -0.15) is 0 Å². The molecule has 0 heterocycles. The Labute approximate surface area is 118 Å². The predicted octanol–water partition coefficient (Wildman–Crippen LogP) is 1.05. The fourth-order valence-corrected chi connectivity index (χ4v) is 3.74. The van der Waals surface area contributed by atoms with Crippen molar-refractivity contribution in [3.63, 3.8) is 0 Å². The summed E-state index contributed by atoms with van der Waals surface area (Å²) in [6, 6.07) is 7.32. The standard InChI is InChI=1S/C12H20N2O3S2/c1-2-11(15)9-14-19(16,17)7-6-18-12-5-3-4-10(13)8-12/h3-5,8,11,14-15H,2,6-7,9,13H2,1H3. The average molecular weight is 304 g/mol. The lowest BCUT2D eigenvalue weighted by Gasteiger charge is -2.10. The highest BCUT2D eigenvalue weighted by atomic mass is 32.2. The van der Waals surface area contributed by atoms with Crippen LogP contribution in [0.3, 0.4) is 0 Å². The summed E-state index contributed by atoms with van der Waals surface area (Å²) in [6.07, 6.45) is -0.100. The smallest absolute Gasteiger partial charge is 0.212 e. The molecule has 0 saturated carbocycles. The zero-order chi connectivity index (χ0) is 14.3. The van der Waals surface area contributed by atoms with Crippen molar-refractivity contribution >= 4 is 27.5 Å². The molecule has 0 bridgehead atoms. The van der Waals surface area contributed by atoms with E-state index in [0.717, 1.165) is 4.90 Å². The first kappa shape index (κ1) is 16.3. The maximum atomic E-state index is 11.6. The summed E-state index contributed by atoms with van der Waals surface area (Å²) in [4.78, 5) is 0.948. The van der Waals surface area contributed by atoms with Crippen molar-refractivity contribution in [1.29, 1.82) is 0 Å². The van der Waals surface area contributed by atoms with Crippen molar-refractivity contribution in [3.05, 3.63) is 24.3 Å². The largest absolute Gasteiger partial charge is 0.399 e. The molecule has 1 rings (SSSR count). The van der Waals surface area contributed by atoms with Crippen LogP contribution in [0.4, 0.5) is 5.69 Å². The zero-order valence-corrected chi connectivity index (χ0v) is 12.5. The molecule has 0 aromatic heterocycles. The predicted molar refractivity (Wildman–Crippen MR) is 79.7 cm³/mol. The molecule has 1 unspecified atom stereocenters. The van der Waals surface area contributed by atoms with Crippen LogP contribution in [0, 0.1) is 0 Å². The summed E-state index contributed by atoms with van der Waals surface area (Å²) in [6.45, 7) is 1.87. The van der Waals surface area contributed by atoms with Crippen LogP contribution < -0.4 is 10.5 Å². The topological polar surface area (TPSA) is 92.4 Å². The SMILES string of the molecule is CCC(O)CNS(=O)(=O)CCSc1cccc(N)c1. The number of sulfonamides is 1. The first-order valence-electron chi connectivity index (χ1n) is 6.06. The van der Waals surface area contributed by atoms with Crippen LogP contribution in [-0.4, -0.2) is 37.7 Å². The molecule has 1 aromatic carbocycles. The molecule has 4 N–H and O–H groups in total. The number of nitrogens with two attached hydrogens (primary N) is 1. The minimum absolute atomic E-state index is 0.0168. The molecule has 108 valence electrons. The lowest BCUT2D eigenvalue weighted by molar-refractivity contribution is 0.174. The third-order valence-electron chi connectivity index (χ3n) is 2.49. The van der Waals surface area contributed by atoms with E-state index in [9.17, 15) is 13.5 Å². The van der Waals surface area contributed by atoms with E-state index in [1.54, 1.807) is 13.0 Å². The number of benzene rings is 1. The van der Waals surface area contributed by atoms with Gasteiger partial charge in [0.05, 0.1) is 11.9 Å². The van der Waals surface area contributed by atoms with Crippen molar-refractivity contribution < 1.29 is 13.5 Å². The van der Waals surface area contributed by atoms with E-state index in [1.165, 1.54) is 11.8 Å². The Morgan fingerprint density at radius 3 is 2.84 bits per heavy atom. The second kappa shape index (κ2) is 7.74. The van der Waals surface area contributed by atoms with Gasteiger partial charge in [-0.1, -0.05) is 13.0 Å². The maximum Gasteiger partial charge on any atom is 0.212 e. The highest BCUT2D eigenvalue weighted by Crippen LogP contribution is 2.20. The number of anilines is 1. The van der Waals surface area contributed by atoms with Crippen LogP contribution in [0.25, 0.3) is 0 Å². The molecule has 1 atom stereocenters. The van der Waals surface area contributed by atoms with E-state index < -0.39 is 16.1 Å². The van der Waals surface area contributed by atoms with E-state index in [-0.39, 0.29) is 12.3 Å². The Morgan fingerprint density at radius 1 is 1.47 bits per heavy atom. The second-order valence-corrected chi connectivity index (χ2v) is 7.25. The van der Waals surface area contributed by atoms with Gasteiger partial charge in [0.1, 0.15) is 0 Å². The number of aliphatic hydroxyl groups excluding tert-OH is 1. The fourth-order valence-electron chi connectivity index (χ4n) is 1.31. The molecule has 0 aliphatic carbocycles. The van der Waals surface area contributed by atoms with Gasteiger partial charge in [0.25, 0.3) is 0 Å². The molecule has 7 heteroatoms. The minimum Gasteiger partial charge on any atom is -0.399 e. The molecule has 0 saturated heterocycles. The second-order valence-electron chi connectivity index (χ2n) is 4.15. The molecule has 0 radical (unpaired) electrons. The molecule has 0 amide bonds. The molecule has 1 aromatic rings. The summed E-state index contributed by atoms with van der Waals surface area (Å²) in [5, 5.41) is 9.31. The van der Waals surface area contributed by atoms with Gasteiger partial charge in [0, 0.05) is 22.9 Å². The molecular formula is C12H20N2O3S2. The molecule has 0 aliphatic rings. The van der Waals surface area contributed by atoms with Gasteiger partial charge >= 0.3 is 0 Å². The zero-order valence-electron chi connectivity index (χ0n) is 10.9. The first-order chi connectivity index (χ1) is 8.93. The Hall–Kier alpha value is -0.760. The van der Waals surface area contributed by atoms with Gasteiger partial charge in [0.15, 0.2) is 0 Å². The van der Waals surface area contributed by atoms with Crippen LogP contribution in [0.5, 0.6) is 0 Å². The van der Waals surface area contributed by atoms with Crippen molar-refractivity contribution in [2.45, 2.75) is 24.3 Å². The number of rotatable bonds is 8. The lowest BCUT2D eigenvalue weighted by atomic mass is 10.3. The number of thioether (sulfide) groups is 1. The van der Waals surface area contributed by atoms with E-state index in [0.29, 0.717) is 17.9 Å². The molecular weight excluding hydrogens is 284 g/mol. The van der Waals surface area contributed by atoms with Gasteiger partial charge in [-0.15, -0.1) is 11.8 Å². The van der Waals surface area contributed by atoms with E-state index in [4.69, 9.17) is 5.73 Å². The van der Waals surface area contributed by atoms with Gasteiger partial charge < -0.3 is 10.8 Å². The number of nitrogens with one attached hydrogen (secondary N) is 1. The fraction of sp³-hybridized carbons (Fsp3) is 0.500. The average Bonchev–Trinajstić information content (AvgIpc) is 2.36. The molecule has 19 heavy (non-hydrogen) atoms. The van der Waals surface area contributed by atoms with Gasteiger partial charge in [0.2, 0.25) is 10.0 Å². The van der Waals surface area contributed by atoms with Crippen LogP contribution in [0.15, 0.2) is 29.2 Å². The van der Waals surface area contributed by atoms with Crippen molar-refractivity contribution in [3.8, 4) is 0 Å². The van der Waals surface area contributed by atoms with E-state index in [2.05, 4.69) is 4.72 Å². The maximum absolute atomic E-state index is 11.6. The van der Waals surface area contributed by atoms with Gasteiger partial charge in [-0.25, -0.2) is 13.1 Å². The van der Waals surface area contributed by atoms with Crippen LogP contribution in [-0.2, 0) is 10.0 Å². The monoisotopic (exact) mass is 304 g/mol. The third kappa shape index (κ3) is 6.81. The summed E-state index contributed by atoms with van der Waals surface area (Å²) in [5.41, 5.74) is 6.30. The normalized spacial score (nSPS) is 13.4. The van der Waals surface area contributed by atoms with Crippen molar-refractivity contribution in [2.24, 2.45) is 0 Å². The molecule has 0 fully saturated rings. The van der Waals surface area contributed by atoms with Gasteiger partial charge in [-0.3, -0.25) is 0 Å².